The molecule has 0 saturated carbocycles. The molecule has 0 aliphatic heterocycles. The van der Waals surface area contributed by atoms with E-state index >= 15 is 0 Å². The van der Waals surface area contributed by atoms with Crippen LogP contribution in [0, 0.1) is 11.3 Å². The summed E-state index contributed by atoms with van der Waals surface area (Å²) in [4.78, 5) is 16.1. The molecule has 0 aliphatic carbocycles. The van der Waals surface area contributed by atoms with E-state index in [1.54, 1.807) is 19.2 Å². The number of methoxy groups -OCH3 is 1. The first-order valence-electron chi connectivity index (χ1n) is 7.52. The van der Waals surface area contributed by atoms with Gasteiger partial charge in [-0.2, -0.15) is 5.26 Å². The van der Waals surface area contributed by atoms with Gasteiger partial charge in [-0.1, -0.05) is 18.7 Å². The molecule has 2 rings (SSSR count). The van der Waals surface area contributed by atoms with E-state index in [2.05, 4.69) is 11.1 Å². The number of nitrogens with zero attached hydrogens (tertiary/aromatic N) is 2. The van der Waals surface area contributed by atoms with Crippen LogP contribution in [0.3, 0.4) is 0 Å². The van der Waals surface area contributed by atoms with Crippen molar-refractivity contribution in [3.63, 3.8) is 0 Å². The van der Waals surface area contributed by atoms with Crippen molar-refractivity contribution < 1.29 is 14.3 Å². The summed E-state index contributed by atoms with van der Waals surface area (Å²) in [6.07, 6.45) is 0.783. The number of rotatable bonds is 7. The zero-order chi connectivity index (χ0) is 17.4. The van der Waals surface area contributed by atoms with Crippen LogP contribution in [0.4, 0.5) is 0 Å². The van der Waals surface area contributed by atoms with Crippen molar-refractivity contribution in [2.24, 2.45) is 0 Å². The number of ether oxygens (including phenoxy) is 2. The number of aromatic nitrogens is 1. The van der Waals surface area contributed by atoms with E-state index < -0.39 is 0 Å². The van der Waals surface area contributed by atoms with Crippen LogP contribution in [0.15, 0.2) is 41.4 Å². The molecule has 0 aliphatic rings. The molecule has 124 valence electrons. The molecular formula is C18H18N2O3S. The van der Waals surface area contributed by atoms with E-state index in [9.17, 15) is 10.1 Å². The summed E-state index contributed by atoms with van der Waals surface area (Å²) in [6.45, 7) is 2.35. The normalized spacial score (nSPS) is 10.0. The fourth-order valence-electron chi connectivity index (χ4n) is 1.94. The zero-order valence-corrected chi connectivity index (χ0v) is 14.4. The first-order chi connectivity index (χ1) is 11.7. The lowest BCUT2D eigenvalue weighted by atomic mass is 10.1. The SMILES string of the molecule is CCCOC(=O)CSc1nc(-c2ccc(OC)cc2)ccc1C#N. The molecule has 6 heteroatoms. The third kappa shape index (κ3) is 4.74. The zero-order valence-electron chi connectivity index (χ0n) is 13.6. The Morgan fingerprint density at radius 3 is 2.62 bits per heavy atom. The summed E-state index contributed by atoms with van der Waals surface area (Å²) in [5.74, 6) is 0.594. The molecule has 5 nitrogen and oxygen atoms in total. The number of pyridine rings is 1. The van der Waals surface area contributed by atoms with Crippen molar-refractivity contribution in [3.8, 4) is 23.1 Å². The Bertz CT molecular complexity index is 739. The van der Waals surface area contributed by atoms with Crippen molar-refractivity contribution in [2.45, 2.75) is 18.4 Å². The predicted octanol–water partition coefficient (Wildman–Crippen LogP) is 3.67. The van der Waals surface area contributed by atoms with Crippen molar-refractivity contribution >= 4 is 17.7 Å². The quantitative estimate of drug-likeness (QED) is 0.565. The van der Waals surface area contributed by atoms with Gasteiger partial charge in [0.05, 0.1) is 30.7 Å². The van der Waals surface area contributed by atoms with Crippen LogP contribution >= 0.6 is 11.8 Å². The van der Waals surface area contributed by atoms with Gasteiger partial charge in [0.1, 0.15) is 16.8 Å². The maximum absolute atomic E-state index is 11.6. The predicted molar refractivity (Wildman–Crippen MR) is 92.9 cm³/mol. The van der Waals surface area contributed by atoms with Crippen LogP contribution < -0.4 is 4.74 Å². The average Bonchev–Trinajstić information content (AvgIpc) is 2.64. The van der Waals surface area contributed by atoms with Gasteiger partial charge in [-0.3, -0.25) is 4.79 Å². The van der Waals surface area contributed by atoms with E-state index in [1.807, 2.05) is 31.2 Å². The minimum Gasteiger partial charge on any atom is -0.497 e. The first-order valence-corrected chi connectivity index (χ1v) is 8.50. The van der Waals surface area contributed by atoms with Gasteiger partial charge in [-0.05, 0) is 42.8 Å². The molecule has 1 heterocycles. The van der Waals surface area contributed by atoms with Crippen LogP contribution in [0.2, 0.25) is 0 Å². The maximum Gasteiger partial charge on any atom is 0.316 e. The van der Waals surface area contributed by atoms with Crippen molar-refractivity contribution in [1.29, 1.82) is 5.26 Å². The highest BCUT2D eigenvalue weighted by atomic mass is 32.2. The number of carbonyl (C=O) groups excluding carboxylic acids is 1. The third-order valence-electron chi connectivity index (χ3n) is 3.16. The lowest BCUT2D eigenvalue weighted by Gasteiger charge is -2.07. The highest BCUT2D eigenvalue weighted by Crippen LogP contribution is 2.26. The molecule has 0 atom stereocenters. The molecule has 0 bridgehead atoms. The smallest absolute Gasteiger partial charge is 0.316 e. The van der Waals surface area contributed by atoms with E-state index in [1.165, 1.54) is 11.8 Å². The van der Waals surface area contributed by atoms with Crippen molar-refractivity contribution in [3.05, 3.63) is 42.0 Å². The summed E-state index contributed by atoms with van der Waals surface area (Å²) in [5.41, 5.74) is 2.09. The van der Waals surface area contributed by atoms with Gasteiger partial charge >= 0.3 is 5.97 Å². The summed E-state index contributed by atoms with van der Waals surface area (Å²) in [6, 6.07) is 13.1. The molecule has 2 aromatic rings. The molecule has 0 amide bonds. The van der Waals surface area contributed by atoms with Crippen LogP contribution in [-0.4, -0.2) is 30.4 Å². The molecule has 0 spiro atoms. The fourth-order valence-corrected chi connectivity index (χ4v) is 2.71. The molecule has 1 aromatic carbocycles. The highest BCUT2D eigenvalue weighted by molar-refractivity contribution is 7.99. The molecule has 0 N–H and O–H groups in total. The van der Waals surface area contributed by atoms with Crippen LogP contribution in [0.25, 0.3) is 11.3 Å². The second-order valence-electron chi connectivity index (χ2n) is 4.90. The van der Waals surface area contributed by atoms with Crippen molar-refractivity contribution in [2.75, 3.05) is 19.5 Å². The lowest BCUT2D eigenvalue weighted by Crippen LogP contribution is -2.08. The molecule has 0 saturated heterocycles. The highest BCUT2D eigenvalue weighted by Gasteiger charge is 2.11. The van der Waals surface area contributed by atoms with Gasteiger partial charge in [0, 0.05) is 5.56 Å². The molecule has 0 fully saturated rings. The third-order valence-corrected chi connectivity index (χ3v) is 4.13. The van der Waals surface area contributed by atoms with Gasteiger partial charge in [0.2, 0.25) is 0 Å². The molecule has 0 radical (unpaired) electrons. The van der Waals surface area contributed by atoms with Crippen LogP contribution in [0.1, 0.15) is 18.9 Å². The van der Waals surface area contributed by atoms with E-state index in [-0.39, 0.29) is 11.7 Å². The van der Waals surface area contributed by atoms with Crippen molar-refractivity contribution in [1.82, 2.24) is 4.98 Å². The van der Waals surface area contributed by atoms with E-state index in [0.29, 0.717) is 17.2 Å². The number of benzene rings is 1. The Hall–Kier alpha value is -2.52. The second-order valence-corrected chi connectivity index (χ2v) is 5.86. The van der Waals surface area contributed by atoms with E-state index in [4.69, 9.17) is 9.47 Å². The molecule has 1 aromatic heterocycles. The topological polar surface area (TPSA) is 72.2 Å². The number of nitriles is 1. The number of hydrogen-bond donors (Lipinski definition) is 0. The summed E-state index contributed by atoms with van der Waals surface area (Å²) in [7, 11) is 1.61. The molecule has 24 heavy (non-hydrogen) atoms. The number of carbonyl (C=O) groups is 1. The Morgan fingerprint density at radius 2 is 2.00 bits per heavy atom. The Labute approximate surface area is 145 Å². The number of esters is 1. The summed E-state index contributed by atoms with van der Waals surface area (Å²) < 4.78 is 10.2. The maximum atomic E-state index is 11.6. The van der Waals surface area contributed by atoms with Gasteiger partial charge in [-0.25, -0.2) is 4.98 Å². The number of thioether (sulfide) groups is 1. The molecule has 0 unspecified atom stereocenters. The van der Waals surface area contributed by atoms with Gasteiger partial charge in [0.15, 0.2) is 0 Å². The second kappa shape index (κ2) is 8.94. The van der Waals surface area contributed by atoms with Crippen LogP contribution in [-0.2, 0) is 9.53 Å². The Morgan fingerprint density at radius 1 is 1.25 bits per heavy atom. The average molecular weight is 342 g/mol. The Kier molecular flexibility index (Phi) is 6.64. The summed E-state index contributed by atoms with van der Waals surface area (Å²) >= 11 is 1.21. The largest absolute Gasteiger partial charge is 0.497 e. The summed E-state index contributed by atoms with van der Waals surface area (Å²) in [5, 5.41) is 9.75. The standard InChI is InChI=1S/C18H18N2O3S/c1-3-10-23-17(21)12-24-18-14(11-19)6-9-16(20-18)13-4-7-15(22-2)8-5-13/h4-9H,3,10,12H2,1-2H3. The van der Waals surface area contributed by atoms with Gasteiger partial charge < -0.3 is 9.47 Å². The minimum absolute atomic E-state index is 0.133. The fraction of sp³-hybridized carbons (Fsp3) is 0.278. The Balaban J connectivity index is 2.17. The van der Waals surface area contributed by atoms with E-state index in [0.717, 1.165) is 23.4 Å². The first kappa shape index (κ1) is 17.8. The minimum atomic E-state index is -0.303. The molecular weight excluding hydrogens is 324 g/mol. The van der Waals surface area contributed by atoms with Gasteiger partial charge in [0.25, 0.3) is 0 Å². The van der Waals surface area contributed by atoms with Crippen LogP contribution in [0.5, 0.6) is 5.75 Å². The van der Waals surface area contributed by atoms with Gasteiger partial charge in [-0.15, -0.1) is 0 Å². The lowest BCUT2D eigenvalue weighted by molar-refractivity contribution is -0.140. The number of hydrogen-bond acceptors (Lipinski definition) is 6. The monoisotopic (exact) mass is 342 g/mol.